The molecule has 2 aliphatic heterocycles. The van der Waals surface area contributed by atoms with Crippen LogP contribution in [0.5, 0.6) is 0 Å². The smallest absolute Gasteiger partial charge is 0.410 e. The Morgan fingerprint density at radius 3 is 2.83 bits per heavy atom. The number of rotatable bonds is 1. The van der Waals surface area contributed by atoms with Crippen LogP contribution in [0.4, 0.5) is 4.79 Å². The fraction of sp³-hybridized carbons (Fsp3) is 0.647. The van der Waals surface area contributed by atoms with Crippen molar-refractivity contribution in [2.75, 3.05) is 19.6 Å². The number of aryl methyl sites for hydroxylation is 1. The van der Waals surface area contributed by atoms with Crippen LogP contribution < -0.4 is 5.32 Å². The standard InChI is InChI=1S/C17H24ClN3O2/c1-11-7-13(8-19-14(11)18)17-10-21(6-5-12(17)9-20-17)15(22)23-16(2,3)4/h7-8,12,20H,5-6,9-10H2,1-4H3/t12-,17+/m1/s1. The van der Waals surface area contributed by atoms with Crippen LogP contribution in [0, 0.1) is 12.8 Å². The number of amides is 1. The summed E-state index contributed by atoms with van der Waals surface area (Å²) in [7, 11) is 0. The summed E-state index contributed by atoms with van der Waals surface area (Å²) in [4.78, 5) is 18.5. The second kappa shape index (κ2) is 5.64. The van der Waals surface area contributed by atoms with Crippen LogP contribution in [-0.2, 0) is 10.3 Å². The van der Waals surface area contributed by atoms with E-state index < -0.39 is 5.60 Å². The van der Waals surface area contributed by atoms with Gasteiger partial charge in [-0.2, -0.15) is 0 Å². The monoisotopic (exact) mass is 337 g/mol. The summed E-state index contributed by atoms with van der Waals surface area (Å²) in [6, 6.07) is 2.08. The third-order valence-corrected chi connectivity index (χ3v) is 5.13. The molecule has 1 amide bonds. The highest BCUT2D eigenvalue weighted by Gasteiger charge is 2.52. The van der Waals surface area contributed by atoms with Gasteiger partial charge in [-0.15, -0.1) is 0 Å². The molecule has 1 N–H and O–H groups in total. The van der Waals surface area contributed by atoms with Crippen molar-refractivity contribution in [1.82, 2.24) is 15.2 Å². The molecular weight excluding hydrogens is 314 g/mol. The van der Waals surface area contributed by atoms with E-state index in [0.29, 0.717) is 17.6 Å². The molecule has 0 aromatic carbocycles. The SMILES string of the molecule is Cc1cc([C@]23CN(C(=O)OC(C)(C)C)CC[C@@H]2CN3)cnc1Cl. The molecule has 2 fully saturated rings. The molecular formula is C17H24ClN3O2. The Kier molecular flexibility index (Phi) is 4.05. The van der Waals surface area contributed by atoms with E-state index >= 15 is 0 Å². The number of pyridine rings is 1. The Morgan fingerprint density at radius 1 is 1.52 bits per heavy atom. The van der Waals surface area contributed by atoms with Crippen LogP contribution in [0.15, 0.2) is 12.3 Å². The molecule has 1 aromatic heterocycles. The number of hydrogen-bond donors (Lipinski definition) is 1. The number of ether oxygens (including phenoxy) is 1. The van der Waals surface area contributed by atoms with Crippen molar-refractivity contribution in [3.63, 3.8) is 0 Å². The first-order valence-electron chi connectivity index (χ1n) is 8.07. The van der Waals surface area contributed by atoms with E-state index in [9.17, 15) is 4.79 Å². The summed E-state index contributed by atoms with van der Waals surface area (Å²) >= 11 is 6.06. The molecule has 0 radical (unpaired) electrons. The van der Waals surface area contributed by atoms with Crippen LogP contribution in [0.25, 0.3) is 0 Å². The maximum atomic E-state index is 12.4. The second-order valence-corrected chi connectivity index (χ2v) is 7.93. The number of nitrogens with one attached hydrogen (secondary N) is 1. The number of hydrogen-bond acceptors (Lipinski definition) is 4. The molecule has 3 rings (SSSR count). The highest BCUT2D eigenvalue weighted by molar-refractivity contribution is 6.30. The van der Waals surface area contributed by atoms with E-state index in [-0.39, 0.29) is 11.6 Å². The number of fused-ring (bicyclic) bond motifs is 1. The predicted molar refractivity (Wildman–Crippen MR) is 89.6 cm³/mol. The molecule has 6 heteroatoms. The van der Waals surface area contributed by atoms with Crippen LogP contribution >= 0.6 is 11.6 Å². The third-order valence-electron chi connectivity index (χ3n) is 4.73. The van der Waals surface area contributed by atoms with Crippen molar-refractivity contribution in [3.05, 3.63) is 28.5 Å². The van der Waals surface area contributed by atoms with Crippen molar-refractivity contribution < 1.29 is 9.53 Å². The second-order valence-electron chi connectivity index (χ2n) is 7.57. The number of halogens is 1. The summed E-state index contributed by atoms with van der Waals surface area (Å²) in [5, 5.41) is 4.07. The van der Waals surface area contributed by atoms with Gasteiger partial charge in [0, 0.05) is 25.8 Å². The minimum absolute atomic E-state index is 0.225. The molecule has 23 heavy (non-hydrogen) atoms. The third kappa shape index (κ3) is 3.04. The van der Waals surface area contributed by atoms with Crippen LogP contribution in [0.1, 0.15) is 38.3 Å². The topological polar surface area (TPSA) is 54.5 Å². The van der Waals surface area contributed by atoms with Gasteiger partial charge in [-0.1, -0.05) is 11.6 Å². The summed E-state index contributed by atoms with van der Waals surface area (Å²) in [5.41, 5.74) is 1.36. The highest BCUT2D eigenvalue weighted by atomic mass is 35.5. The van der Waals surface area contributed by atoms with E-state index in [4.69, 9.17) is 16.3 Å². The van der Waals surface area contributed by atoms with Gasteiger partial charge in [0.15, 0.2) is 0 Å². The number of carbonyl (C=O) groups excluding carboxylic acids is 1. The molecule has 0 unspecified atom stereocenters. The summed E-state index contributed by atoms with van der Waals surface area (Å²) in [6.45, 7) is 9.95. The summed E-state index contributed by atoms with van der Waals surface area (Å²) in [6.07, 6.45) is 2.55. The van der Waals surface area contributed by atoms with Gasteiger partial charge >= 0.3 is 6.09 Å². The summed E-state index contributed by atoms with van der Waals surface area (Å²) in [5.74, 6) is 0.517. The number of likely N-dealkylation sites (tertiary alicyclic amines) is 1. The van der Waals surface area contributed by atoms with Gasteiger partial charge in [-0.3, -0.25) is 0 Å². The van der Waals surface area contributed by atoms with Gasteiger partial charge in [0.1, 0.15) is 10.8 Å². The zero-order valence-electron chi connectivity index (χ0n) is 14.1. The minimum Gasteiger partial charge on any atom is -0.444 e. The average molecular weight is 338 g/mol. The predicted octanol–water partition coefficient (Wildman–Crippen LogP) is 3.10. The zero-order chi connectivity index (χ0) is 16.8. The van der Waals surface area contributed by atoms with Gasteiger partial charge in [0.25, 0.3) is 0 Å². The molecule has 2 aliphatic rings. The first-order valence-corrected chi connectivity index (χ1v) is 8.45. The lowest BCUT2D eigenvalue weighted by Gasteiger charge is -2.56. The molecule has 0 bridgehead atoms. The van der Waals surface area contributed by atoms with E-state index in [1.165, 1.54) is 0 Å². The fourth-order valence-corrected chi connectivity index (χ4v) is 3.53. The van der Waals surface area contributed by atoms with Gasteiger partial charge < -0.3 is 15.0 Å². The molecule has 0 spiro atoms. The van der Waals surface area contributed by atoms with Crippen molar-refractivity contribution in [2.24, 2.45) is 5.92 Å². The maximum absolute atomic E-state index is 12.4. The largest absolute Gasteiger partial charge is 0.444 e. The van der Waals surface area contributed by atoms with Crippen molar-refractivity contribution in [2.45, 2.75) is 45.3 Å². The number of aromatic nitrogens is 1. The normalized spacial score (nSPS) is 27.2. The van der Waals surface area contributed by atoms with Crippen LogP contribution in [-0.4, -0.2) is 41.2 Å². The highest BCUT2D eigenvalue weighted by Crippen LogP contribution is 2.43. The minimum atomic E-state index is -0.480. The number of piperidine rings is 1. The Bertz CT molecular complexity index is 629. The van der Waals surface area contributed by atoms with Gasteiger partial charge in [-0.25, -0.2) is 9.78 Å². The Labute approximate surface area is 142 Å². The van der Waals surface area contributed by atoms with Crippen LogP contribution in [0.2, 0.25) is 5.15 Å². The fourth-order valence-electron chi connectivity index (χ4n) is 3.43. The molecule has 2 saturated heterocycles. The Morgan fingerprint density at radius 2 is 2.26 bits per heavy atom. The first-order chi connectivity index (χ1) is 10.7. The average Bonchev–Trinajstić information content (AvgIpc) is 2.42. The van der Waals surface area contributed by atoms with E-state index in [1.54, 1.807) is 4.90 Å². The maximum Gasteiger partial charge on any atom is 0.410 e. The zero-order valence-corrected chi connectivity index (χ0v) is 14.9. The Hall–Kier alpha value is -1.33. The van der Waals surface area contributed by atoms with Gasteiger partial charge in [-0.05, 0) is 57.2 Å². The molecule has 2 atom stereocenters. The molecule has 126 valence electrons. The van der Waals surface area contributed by atoms with Gasteiger partial charge in [0.05, 0.1) is 5.54 Å². The van der Waals surface area contributed by atoms with E-state index in [2.05, 4.69) is 16.4 Å². The first kappa shape index (κ1) is 16.5. The molecule has 5 nitrogen and oxygen atoms in total. The quantitative estimate of drug-likeness (QED) is 0.800. The van der Waals surface area contributed by atoms with Crippen molar-refractivity contribution in [1.29, 1.82) is 0 Å². The summed E-state index contributed by atoms with van der Waals surface area (Å²) < 4.78 is 5.53. The molecule has 0 saturated carbocycles. The van der Waals surface area contributed by atoms with Crippen molar-refractivity contribution >= 4 is 17.7 Å². The number of nitrogens with zero attached hydrogens (tertiary/aromatic N) is 2. The van der Waals surface area contributed by atoms with E-state index in [1.807, 2.05) is 33.9 Å². The lowest BCUT2D eigenvalue weighted by atomic mass is 9.68. The lowest BCUT2D eigenvalue weighted by molar-refractivity contribution is -0.0271. The molecule has 0 aliphatic carbocycles. The van der Waals surface area contributed by atoms with Gasteiger partial charge in [0.2, 0.25) is 0 Å². The Balaban J connectivity index is 1.83. The lowest BCUT2D eigenvalue weighted by Crippen LogP contribution is -2.70. The van der Waals surface area contributed by atoms with E-state index in [0.717, 1.165) is 30.6 Å². The molecule has 3 heterocycles. The number of carbonyl (C=O) groups is 1. The molecule has 1 aromatic rings. The van der Waals surface area contributed by atoms with Crippen LogP contribution in [0.3, 0.4) is 0 Å². The van der Waals surface area contributed by atoms with Crippen molar-refractivity contribution in [3.8, 4) is 0 Å².